The van der Waals surface area contributed by atoms with Gasteiger partial charge in [-0.25, -0.2) is 0 Å². The maximum Gasteiger partial charge on any atom is 0.416 e. The number of ketones is 1. The first-order valence-electron chi connectivity index (χ1n) is 6.94. The minimum absolute atomic E-state index is 0.0589. The van der Waals surface area contributed by atoms with E-state index in [2.05, 4.69) is 5.32 Å². The van der Waals surface area contributed by atoms with Crippen molar-refractivity contribution in [2.75, 3.05) is 5.32 Å². The van der Waals surface area contributed by atoms with Gasteiger partial charge in [0.15, 0.2) is 0 Å². The summed E-state index contributed by atoms with van der Waals surface area (Å²) in [4.78, 5) is 11.5. The van der Waals surface area contributed by atoms with Crippen molar-refractivity contribution in [2.45, 2.75) is 25.6 Å². The Morgan fingerprint density at radius 3 is 2.13 bits per heavy atom. The average molecular weight is 342 g/mol. The molecule has 1 N–H and O–H groups in total. The van der Waals surface area contributed by atoms with Crippen molar-refractivity contribution in [2.24, 2.45) is 0 Å². The standard InChI is InChI=1S/C17H15ClF3NO/c1-11(23)10-16(22-15-8-6-14(18)7-9-15)12-2-4-13(5-3-12)17(19,20)21/h2-9,16,22H,10H2,1H3. The van der Waals surface area contributed by atoms with Gasteiger partial charge in [-0.1, -0.05) is 23.7 Å². The number of halogens is 4. The van der Waals surface area contributed by atoms with Gasteiger partial charge in [-0.2, -0.15) is 13.2 Å². The van der Waals surface area contributed by atoms with Crippen molar-refractivity contribution in [1.29, 1.82) is 0 Å². The highest BCUT2D eigenvalue weighted by Gasteiger charge is 2.30. The minimum atomic E-state index is -4.38. The molecule has 0 saturated carbocycles. The Labute approximate surface area is 137 Å². The first-order chi connectivity index (χ1) is 10.8. The molecule has 0 aliphatic rings. The van der Waals surface area contributed by atoms with E-state index >= 15 is 0 Å². The monoisotopic (exact) mass is 341 g/mol. The number of Topliss-reactive ketones (excluding diaryl/α,β-unsaturated/α-hetero) is 1. The van der Waals surface area contributed by atoms with Gasteiger partial charge >= 0.3 is 6.18 Å². The first kappa shape index (κ1) is 17.3. The maximum atomic E-state index is 12.6. The van der Waals surface area contributed by atoms with Crippen LogP contribution in [-0.2, 0) is 11.0 Å². The molecule has 0 aromatic heterocycles. The fourth-order valence-electron chi connectivity index (χ4n) is 2.19. The molecule has 122 valence electrons. The number of nitrogens with one attached hydrogen (secondary N) is 1. The topological polar surface area (TPSA) is 29.1 Å². The molecule has 2 aromatic rings. The third-order valence-corrected chi connectivity index (χ3v) is 3.57. The van der Waals surface area contributed by atoms with Crippen LogP contribution in [0.15, 0.2) is 48.5 Å². The highest BCUT2D eigenvalue weighted by molar-refractivity contribution is 6.30. The number of benzene rings is 2. The number of hydrogen-bond acceptors (Lipinski definition) is 2. The lowest BCUT2D eigenvalue weighted by atomic mass is 10.00. The Morgan fingerprint density at radius 2 is 1.65 bits per heavy atom. The van der Waals surface area contributed by atoms with E-state index in [1.807, 2.05) is 0 Å². The van der Waals surface area contributed by atoms with E-state index in [9.17, 15) is 18.0 Å². The summed E-state index contributed by atoms with van der Waals surface area (Å²) in [6.07, 6.45) is -4.20. The summed E-state index contributed by atoms with van der Waals surface area (Å²) >= 11 is 5.82. The predicted octanol–water partition coefficient (Wildman–Crippen LogP) is 5.49. The summed E-state index contributed by atoms with van der Waals surface area (Å²) in [6, 6.07) is 11.3. The molecule has 0 heterocycles. The van der Waals surface area contributed by atoms with Crippen LogP contribution in [0.4, 0.5) is 18.9 Å². The van der Waals surface area contributed by atoms with Crippen LogP contribution in [0.2, 0.25) is 5.02 Å². The fourth-order valence-corrected chi connectivity index (χ4v) is 2.32. The third kappa shape index (κ3) is 4.99. The summed E-state index contributed by atoms with van der Waals surface area (Å²) < 4.78 is 37.9. The van der Waals surface area contributed by atoms with E-state index < -0.39 is 17.8 Å². The fraction of sp³-hybridized carbons (Fsp3) is 0.235. The smallest absolute Gasteiger partial charge is 0.378 e. The molecule has 0 radical (unpaired) electrons. The molecular formula is C17H15ClF3NO. The molecule has 0 aliphatic carbocycles. The molecule has 1 unspecified atom stereocenters. The van der Waals surface area contributed by atoms with E-state index in [-0.39, 0.29) is 12.2 Å². The zero-order valence-electron chi connectivity index (χ0n) is 12.3. The molecule has 1 atom stereocenters. The second-order valence-corrected chi connectivity index (χ2v) is 5.67. The molecule has 0 amide bonds. The van der Waals surface area contributed by atoms with E-state index in [1.54, 1.807) is 24.3 Å². The molecule has 23 heavy (non-hydrogen) atoms. The van der Waals surface area contributed by atoms with Gasteiger partial charge in [0.05, 0.1) is 11.6 Å². The van der Waals surface area contributed by atoms with Gasteiger partial charge in [0.1, 0.15) is 5.78 Å². The molecular weight excluding hydrogens is 327 g/mol. The van der Waals surface area contributed by atoms with Crippen LogP contribution in [0.5, 0.6) is 0 Å². The van der Waals surface area contributed by atoms with Gasteiger partial charge in [-0.15, -0.1) is 0 Å². The first-order valence-corrected chi connectivity index (χ1v) is 7.32. The lowest BCUT2D eigenvalue weighted by molar-refractivity contribution is -0.137. The van der Waals surface area contributed by atoms with Crippen LogP contribution in [0.1, 0.15) is 30.5 Å². The van der Waals surface area contributed by atoms with E-state index in [0.29, 0.717) is 10.6 Å². The maximum absolute atomic E-state index is 12.6. The molecule has 6 heteroatoms. The molecule has 0 saturated heterocycles. The van der Waals surface area contributed by atoms with Gasteiger partial charge in [0, 0.05) is 17.1 Å². The summed E-state index contributed by atoms with van der Waals surface area (Å²) in [6.45, 7) is 1.45. The van der Waals surface area contributed by atoms with Gasteiger partial charge in [0.2, 0.25) is 0 Å². The van der Waals surface area contributed by atoms with Gasteiger partial charge in [-0.3, -0.25) is 4.79 Å². The van der Waals surface area contributed by atoms with E-state index in [1.165, 1.54) is 19.1 Å². The number of anilines is 1. The van der Waals surface area contributed by atoms with Gasteiger partial charge in [0.25, 0.3) is 0 Å². The number of carbonyl (C=O) groups is 1. The van der Waals surface area contributed by atoms with E-state index in [4.69, 9.17) is 11.6 Å². The van der Waals surface area contributed by atoms with Crippen molar-refractivity contribution >= 4 is 23.1 Å². The molecule has 0 fully saturated rings. The van der Waals surface area contributed by atoms with Crippen molar-refractivity contribution in [1.82, 2.24) is 0 Å². The minimum Gasteiger partial charge on any atom is -0.378 e. The van der Waals surface area contributed by atoms with Crippen LogP contribution < -0.4 is 5.32 Å². The van der Waals surface area contributed by atoms with Crippen LogP contribution in [0.3, 0.4) is 0 Å². The van der Waals surface area contributed by atoms with Crippen molar-refractivity contribution < 1.29 is 18.0 Å². The lowest BCUT2D eigenvalue weighted by Gasteiger charge is -2.20. The number of rotatable bonds is 5. The zero-order chi connectivity index (χ0) is 17.0. The molecule has 0 bridgehead atoms. The van der Waals surface area contributed by atoms with Crippen molar-refractivity contribution in [3.63, 3.8) is 0 Å². The average Bonchev–Trinajstić information content (AvgIpc) is 2.48. The van der Waals surface area contributed by atoms with Crippen LogP contribution in [0, 0.1) is 0 Å². The lowest BCUT2D eigenvalue weighted by Crippen LogP contribution is -2.14. The summed E-state index contributed by atoms with van der Waals surface area (Å²) in [5.74, 6) is -0.0589. The summed E-state index contributed by atoms with van der Waals surface area (Å²) in [5, 5.41) is 3.73. The Balaban J connectivity index is 2.24. The second kappa shape index (κ2) is 7.04. The molecule has 0 spiro atoms. The summed E-state index contributed by atoms with van der Waals surface area (Å²) in [7, 11) is 0. The molecule has 2 aromatic carbocycles. The Morgan fingerprint density at radius 1 is 1.09 bits per heavy atom. The van der Waals surface area contributed by atoms with Crippen LogP contribution >= 0.6 is 11.6 Å². The SMILES string of the molecule is CC(=O)CC(Nc1ccc(Cl)cc1)c1ccc(C(F)(F)F)cc1. The van der Waals surface area contributed by atoms with E-state index in [0.717, 1.165) is 17.8 Å². The predicted molar refractivity (Wildman–Crippen MR) is 84.6 cm³/mol. The summed E-state index contributed by atoms with van der Waals surface area (Å²) in [5.41, 5.74) is 0.637. The van der Waals surface area contributed by atoms with Gasteiger partial charge < -0.3 is 5.32 Å². The number of hydrogen-bond donors (Lipinski definition) is 1. The largest absolute Gasteiger partial charge is 0.416 e. The number of carbonyl (C=O) groups excluding carboxylic acids is 1. The molecule has 2 nitrogen and oxygen atoms in total. The van der Waals surface area contributed by atoms with Crippen molar-refractivity contribution in [3.8, 4) is 0 Å². The third-order valence-electron chi connectivity index (χ3n) is 3.32. The highest BCUT2D eigenvalue weighted by atomic mass is 35.5. The molecule has 0 aliphatic heterocycles. The quantitative estimate of drug-likeness (QED) is 0.779. The second-order valence-electron chi connectivity index (χ2n) is 5.23. The van der Waals surface area contributed by atoms with Crippen LogP contribution in [-0.4, -0.2) is 5.78 Å². The molecule has 2 rings (SSSR count). The van der Waals surface area contributed by atoms with Gasteiger partial charge in [-0.05, 0) is 48.9 Å². The zero-order valence-corrected chi connectivity index (χ0v) is 13.1. The Hall–Kier alpha value is -2.01. The Kier molecular flexibility index (Phi) is 5.31. The van der Waals surface area contributed by atoms with Crippen LogP contribution in [0.25, 0.3) is 0 Å². The Bertz CT molecular complexity index is 666. The highest BCUT2D eigenvalue weighted by Crippen LogP contribution is 2.31. The normalized spacial score (nSPS) is 12.7. The van der Waals surface area contributed by atoms with Crippen molar-refractivity contribution in [3.05, 3.63) is 64.7 Å². The number of alkyl halides is 3.